The molecule has 2 saturated carbocycles. The molecule has 3 aliphatic carbocycles. The molecular formula is C22H34O4. The first kappa shape index (κ1) is 18.6. The lowest BCUT2D eigenvalue weighted by molar-refractivity contribution is -0.268. The maximum absolute atomic E-state index is 13.2. The Balaban J connectivity index is 1.71. The number of aliphatic hydroxyl groups excluding tert-OH is 1. The molecule has 0 amide bonds. The lowest BCUT2D eigenvalue weighted by atomic mass is 9.46. The third-order valence-electron chi connectivity index (χ3n) is 8.69. The lowest BCUT2D eigenvalue weighted by Gasteiger charge is -2.60. The molecule has 146 valence electrons. The van der Waals surface area contributed by atoms with Gasteiger partial charge in [0.15, 0.2) is 11.6 Å². The fraction of sp³-hybridized carbons (Fsp3) is 0.864. The summed E-state index contributed by atoms with van der Waals surface area (Å²) in [5.74, 6) is 0.341. The molecule has 4 nitrogen and oxygen atoms in total. The number of aliphatic hydroxyl groups is 1. The minimum absolute atomic E-state index is 0.0361. The van der Waals surface area contributed by atoms with Crippen molar-refractivity contribution in [3.8, 4) is 0 Å². The van der Waals surface area contributed by atoms with Crippen LogP contribution in [0.25, 0.3) is 0 Å². The van der Waals surface area contributed by atoms with Crippen LogP contribution in [0.1, 0.15) is 66.2 Å². The van der Waals surface area contributed by atoms with Crippen molar-refractivity contribution in [2.75, 3.05) is 13.2 Å². The number of rotatable bonds is 2. The van der Waals surface area contributed by atoms with Gasteiger partial charge in [-0.3, -0.25) is 4.79 Å². The highest BCUT2D eigenvalue weighted by molar-refractivity contribution is 5.94. The van der Waals surface area contributed by atoms with E-state index in [0.29, 0.717) is 25.6 Å². The fourth-order valence-corrected chi connectivity index (χ4v) is 6.83. The van der Waals surface area contributed by atoms with Crippen LogP contribution in [0.3, 0.4) is 0 Å². The quantitative estimate of drug-likeness (QED) is 0.810. The van der Waals surface area contributed by atoms with E-state index in [1.54, 1.807) is 0 Å². The van der Waals surface area contributed by atoms with Crippen LogP contribution in [0.4, 0.5) is 0 Å². The van der Waals surface area contributed by atoms with Crippen molar-refractivity contribution in [3.05, 3.63) is 11.6 Å². The van der Waals surface area contributed by atoms with Gasteiger partial charge in [-0.05, 0) is 61.9 Å². The standard InChI is InChI=1S/C22H34O4/c1-5-22(25-10-11-26-22)21(4)9-7-17-19(14(21)2)18(24)13-15-12-16(23)6-8-20(15,17)3/h13-14,16-17,19,23H,5-12H2,1-4H3. The number of carbonyl (C=O) groups excluding carboxylic acids is 1. The summed E-state index contributed by atoms with van der Waals surface area (Å²) in [6.07, 6.45) is 7.00. The summed E-state index contributed by atoms with van der Waals surface area (Å²) >= 11 is 0. The molecule has 6 unspecified atom stereocenters. The number of ether oxygens (including phenoxy) is 2. The monoisotopic (exact) mass is 362 g/mol. The Kier molecular flexibility index (Phi) is 4.41. The molecular weight excluding hydrogens is 328 g/mol. The van der Waals surface area contributed by atoms with Crippen molar-refractivity contribution < 1.29 is 19.4 Å². The number of hydrogen-bond acceptors (Lipinski definition) is 4. The summed E-state index contributed by atoms with van der Waals surface area (Å²) in [7, 11) is 0. The Morgan fingerprint density at radius 3 is 2.54 bits per heavy atom. The first-order valence-corrected chi connectivity index (χ1v) is 10.5. The normalized spacial score (nSPS) is 47.9. The minimum atomic E-state index is -0.550. The molecule has 26 heavy (non-hydrogen) atoms. The highest BCUT2D eigenvalue weighted by atomic mass is 16.7. The zero-order chi connectivity index (χ0) is 18.7. The highest BCUT2D eigenvalue weighted by Gasteiger charge is 2.63. The van der Waals surface area contributed by atoms with E-state index in [1.807, 2.05) is 6.08 Å². The third-order valence-corrected chi connectivity index (χ3v) is 8.69. The second kappa shape index (κ2) is 6.15. The Hall–Kier alpha value is -0.710. The van der Waals surface area contributed by atoms with Crippen molar-refractivity contribution in [3.63, 3.8) is 0 Å². The van der Waals surface area contributed by atoms with Crippen LogP contribution < -0.4 is 0 Å². The highest BCUT2D eigenvalue weighted by Crippen LogP contribution is 2.63. The van der Waals surface area contributed by atoms with E-state index in [2.05, 4.69) is 27.7 Å². The summed E-state index contributed by atoms with van der Waals surface area (Å²) < 4.78 is 12.4. The predicted molar refractivity (Wildman–Crippen MR) is 99.5 cm³/mol. The number of carbonyl (C=O) groups is 1. The Labute approximate surface area is 157 Å². The second-order valence-electron chi connectivity index (χ2n) is 9.57. The maximum Gasteiger partial charge on any atom is 0.173 e. The molecule has 4 heteroatoms. The van der Waals surface area contributed by atoms with E-state index < -0.39 is 5.79 Å². The van der Waals surface area contributed by atoms with Gasteiger partial charge in [-0.25, -0.2) is 0 Å². The van der Waals surface area contributed by atoms with E-state index in [0.717, 1.165) is 32.1 Å². The van der Waals surface area contributed by atoms with Crippen molar-refractivity contribution in [2.24, 2.45) is 28.6 Å². The van der Waals surface area contributed by atoms with Gasteiger partial charge in [0.1, 0.15) is 0 Å². The molecule has 4 aliphatic rings. The van der Waals surface area contributed by atoms with Gasteiger partial charge in [-0.1, -0.05) is 33.3 Å². The fourth-order valence-electron chi connectivity index (χ4n) is 6.83. The van der Waals surface area contributed by atoms with Gasteiger partial charge >= 0.3 is 0 Å². The molecule has 3 fully saturated rings. The molecule has 0 aromatic carbocycles. The SMILES string of the molecule is CCC1(C2(C)CCC3C(C(=O)C=C4CC(O)CCC43C)C2C)OCCO1. The Bertz CT molecular complexity index is 620. The van der Waals surface area contributed by atoms with Crippen LogP contribution in [-0.2, 0) is 14.3 Å². The second-order valence-corrected chi connectivity index (χ2v) is 9.57. The molecule has 6 atom stereocenters. The van der Waals surface area contributed by atoms with E-state index in [1.165, 1.54) is 5.57 Å². The van der Waals surface area contributed by atoms with Gasteiger partial charge in [0.05, 0.1) is 19.3 Å². The van der Waals surface area contributed by atoms with Crippen LogP contribution in [-0.4, -0.2) is 36.0 Å². The zero-order valence-corrected chi connectivity index (χ0v) is 16.7. The Morgan fingerprint density at radius 1 is 1.19 bits per heavy atom. The van der Waals surface area contributed by atoms with Crippen LogP contribution in [0.5, 0.6) is 0 Å². The van der Waals surface area contributed by atoms with Crippen molar-refractivity contribution in [1.29, 1.82) is 0 Å². The van der Waals surface area contributed by atoms with Gasteiger partial charge < -0.3 is 14.6 Å². The molecule has 0 aromatic heterocycles. The molecule has 1 heterocycles. The van der Waals surface area contributed by atoms with E-state index in [-0.39, 0.29) is 34.6 Å². The molecule has 4 rings (SSSR count). The summed E-state index contributed by atoms with van der Waals surface area (Å²) in [5.41, 5.74) is 1.10. The van der Waals surface area contributed by atoms with E-state index in [9.17, 15) is 9.90 Å². The lowest BCUT2D eigenvalue weighted by Crippen LogP contribution is -2.60. The summed E-state index contributed by atoms with van der Waals surface area (Å²) in [6, 6.07) is 0. The van der Waals surface area contributed by atoms with Crippen LogP contribution in [0, 0.1) is 28.6 Å². The summed E-state index contributed by atoms with van der Waals surface area (Å²) in [5, 5.41) is 10.1. The molecule has 0 radical (unpaired) electrons. The largest absolute Gasteiger partial charge is 0.393 e. The van der Waals surface area contributed by atoms with E-state index >= 15 is 0 Å². The molecule has 1 saturated heterocycles. The third kappa shape index (κ3) is 2.34. The molecule has 1 aliphatic heterocycles. The maximum atomic E-state index is 13.2. The van der Waals surface area contributed by atoms with Crippen molar-refractivity contribution >= 4 is 5.78 Å². The van der Waals surface area contributed by atoms with Gasteiger partial charge in [0.2, 0.25) is 0 Å². The number of ketones is 1. The first-order valence-electron chi connectivity index (χ1n) is 10.5. The topological polar surface area (TPSA) is 55.8 Å². The smallest absolute Gasteiger partial charge is 0.173 e. The molecule has 1 N–H and O–H groups in total. The average Bonchev–Trinajstić information content (AvgIpc) is 3.10. The molecule has 0 aromatic rings. The van der Waals surface area contributed by atoms with Gasteiger partial charge in [0, 0.05) is 11.3 Å². The number of hydrogen-bond donors (Lipinski definition) is 1. The first-order chi connectivity index (χ1) is 12.3. The average molecular weight is 363 g/mol. The number of allylic oxidation sites excluding steroid dienone is 1. The van der Waals surface area contributed by atoms with Crippen molar-refractivity contribution in [1.82, 2.24) is 0 Å². The van der Waals surface area contributed by atoms with Gasteiger partial charge in [-0.15, -0.1) is 0 Å². The van der Waals surface area contributed by atoms with Crippen LogP contribution >= 0.6 is 0 Å². The zero-order valence-electron chi connectivity index (χ0n) is 16.7. The summed E-state index contributed by atoms with van der Waals surface area (Å²) in [4.78, 5) is 13.2. The van der Waals surface area contributed by atoms with Gasteiger partial charge in [0.25, 0.3) is 0 Å². The van der Waals surface area contributed by atoms with Crippen LogP contribution in [0.15, 0.2) is 11.6 Å². The Morgan fingerprint density at radius 2 is 1.88 bits per heavy atom. The predicted octanol–water partition coefficient (Wildman–Crippen LogP) is 3.87. The molecule has 0 spiro atoms. The van der Waals surface area contributed by atoms with E-state index in [4.69, 9.17) is 9.47 Å². The molecule has 0 bridgehead atoms. The summed E-state index contributed by atoms with van der Waals surface area (Å²) in [6.45, 7) is 10.3. The van der Waals surface area contributed by atoms with Crippen LogP contribution in [0.2, 0.25) is 0 Å². The number of fused-ring (bicyclic) bond motifs is 3. The van der Waals surface area contributed by atoms with Crippen molar-refractivity contribution in [2.45, 2.75) is 78.1 Å². The minimum Gasteiger partial charge on any atom is -0.393 e. The van der Waals surface area contributed by atoms with Gasteiger partial charge in [-0.2, -0.15) is 0 Å².